The van der Waals surface area contributed by atoms with Crippen LogP contribution in [0.15, 0.2) is 64.2 Å². The Balaban J connectivity index is 1.68. The minimum absolute atomic E-state index is 0.0251. The first-order valence-corrected chi connectivity index (χ1v) is 10.6. The van der Waals surface area contributed by atoms with Gasteiger partial charge in [0.2, 0.25) is 5.78 Å². The molecule has 1 heterocycles. The zero-order chi connectivity index (χ0) is 24.1. The predicted octanol–water partition coefficient (Wildman–Crippen LogP) is 2.42. The molecule has 0 radical (unpaired) electrons. The van der Waals surface area contributed by atoms with Crippen molar-refractivity contribution < 1.29 is 14.3 Å². The molecule has 0 spiro atoms. The van der Waals surface area contributed by atoms with Crippen LogP contribution in [-0.4, -0.2) is 27.5 Å². The van der Waals surface area contributed by atoms with Crippen LogP contribution in [-0.2, 0) is 29.5 Å². The summed E-state index contributed by atoms with van der Waals surface area (Å²) in [5, 5.41) is 0. The SMILES string of the molecule is CC(C)Cn1c(N)c(C(=O)COC(=O)Cc2ccc(-c3ccccc3)cc2)c(=O)n(C)c1=O. The molecule has 0 saturated heterocycles. The number of aromatic nitrogens is 2. The highest BCUT2D eigenvalue weighted by Crippen LogP contribution is 2.19. The van der Waals surface area contributed by atoms with E-state index in [0.29, 0.717) is 0 Å². The topological polar surface area (TPSA) is 113 Å². The zero-order valence-corrected chi connectivity index (χ0v) is 18.9. The monoisotopic (exact) mass is 449 g/mol. The Labute approximate surface area is 191 Å². The maximum atomic E-state index is 12.7. The van der Waals surface area contributed by atoms with Crippen LogP contribution < -0.4 is 17.0 Å². The van der Waals surface area contributed by atoms with Gasteiger partial charge in [0.25, 0.3) is 5.56 Å². The molecule has 0 unspecified atom stereocenters. The van der Waals surface area contributed by atoms with Gasteiger partial charge in [0.15, 0.2) is 6.61 Å². The smallest absolute Gasteiger partial charge is 0.332 e. The first-order chi connectivity index (χ1) is 15.7. The van der Waals surface area contributed by atoms with Crippen LogP contribution in [0, 0.1) is 5.92 Å². The number of ether oxygens (including phenoxy) is 1. The van der Waals surface area contributed by atoms with E-state index in [1.165, 1.54) is 11.6 Å². The normalized spacial score (nSPS) is 10.9. The minimum atomic E-state index is -0.810. The predicted molar refractivity (Wildman–Crippen MR) is 126 cm³/mol. The van der Waals surface area contributed by atoms with E-state index in [4.69, 9.17) is 10.5 Å². The van der Waals surface area contributed by atoms with Gasteiger partial charge in [-0.2, -0.15) is 0 Å². The molecule has 1 aromatic heterocycles. The van der Waals surface area contributed by atoms with Crippen molar-refractivity contribution >= 4 is 17.6 Å². The second-order valence-corrected chi connectivity index (χ2v) is 8.24. The Kier molecular flexibility index (Phi) is 7.27. The van der Waals surface area contributed by atoms with E-state index < -0.39 is 29.6 Å². The highest BCUT2D eigenvalue weighted by Gasteiger charge is 2.23. The largest absolute Gasteiger partial charge is 0.457 e. The van der Waals surface area contributed by atoms with Crippen LogP contribution in [0.1, 0.15) is 29.8 Å². The van der Waals surface area contributed by atoms with Crippen LogP contribution in [0.25, 0.3) is 11.1 Å². The number of ketones is 1. The van der Waals surface area contributed by atoms with Crippen LogP contribution >= 0.6 is 0 Å². The summed E-state index contributed by atoms with van der Waals surface area (Å²) in [5.41, 5.74) is 7.04. The highest BCUT2D eigenvalue weighted by atomic mass is 16.5. The molecule has 8 heteroatoms. The number of nitrogens with two attached hydrogens (primary N) is 1. The van der Waals surface area contributed by atoms with Gasteiger partial charge in [-0.3, -0.25) is 23.5 Å². The van der Waals surface area contributed by atoms with Crippen LogP contribution in [0.4, 0.5) is 5.82 Å². The van der Waals surface area contributed by atoms with E-state index in [1.54, 1.807) is 0 Å². The summed E-state index contributed by atoms with van der Waals surface area (Å²) >= 11 is 0. The summed E-state index contributed by atoms with van der Waals surface area (Å²) in [6.07, 6.45) is -0.0251. The number of nitrogen functional groups attached to an aromatic ring is 1. The van der Waals surface area contributed by atoms with Crippen molar-refractivity contribution in [3.8, 4) is 11.1 Å². The molecule has 0 aliphatic rings. The summed E-state index contributed by atoms with van der Waals surface area (Å²) in [7, 11) is 1.28. The third kappa shape index (κ3) is 5.46. The van der Waals surface area contributed by atoms with E-state index in [9.17, 15) is 19.2 Å². The number of esters is 1. The maximum Gasteiger partial charge on any atom is 0.332 e. The lowest BCUT2D eigenvalue weighted by atomic mass is 10.0. The number of nitrogens with zero attached hydrogens (tertiary/aromatic N) is 2. The fourth-order valence-electron chi connectivity index (χ4n) is 3.47. The number of carbonyl (C=O) groups excluding carboxylic acids is 2. The second kappa shape index (κ2) is 10.1. The summed E-state index contributed by atoms with van der Waals surface area (Å²) < 4.78 is 7.12. The van der Waals surface area contributed by atoms with Gasteiger partial charge < -0.3 is 10.5 Å². The number of hydrogen-bond acceptors (Lipinski definition) is 6. The molecule has 8 nitrogen and oxygen atoms in total. The van der Waals surface area contributed by atoms with E-state index >= 15 is 0 Å². The van der Waals surface area contributed by atoms with Crippen molar-refractivity contribution in [1.29, 1.82) is 0 Å². The Bertz CT molecular complexity index is 1270. The van der Waals surface area contributed by atoms with Crippen molar-refractivity contribution in [2.24, 2.45) is 13.0 Å². The molecule has 0 atom stereocenters. The molecule has 0 saturated carbocycles. The minimum Gasteiger partial charge on any atom is -0.457 e. The number of rotatable bonds is 8. The van der Waals surface area contributed by atoms with Gasteiger partial charge in [-0.25, -0.2) is 4.79 Å². The summed E-state index contributed by atoms with van der Waals surface area (Å²) in [5.74, 6) is -1.51. The zero-order valence-electron chi connectivity index (χ0n) is 18.9. The summed E-state index contributed by atoms with van der Waals surface area (Å²) in [6.45, 7) is 3.37. The summed E-state index contributed by atoms with van der Waals surface area (Å²) in [6, 6.07) is 17.3. The van der Waals surface area contributed by atoms with Gasteiger partial charge in [-0.1, -0.05) is 68.4 Å². The van der Waals surface area contributed by atoms with Crippen LogP contribution in [0.3, 0.4) is 0 Å². The molecule has 0 aliphatic heterocycles. The van der Waals surface area contributed by atoms with E-state index in [-0.39, 0.29) is 30.3 Å². The van der Waals surface area contributed by atoms with E-state index in [2.05, 4.69) is 0 Å². The number of Topliss-reactive ketones (excluding diaryl/α,β-unsaturated/α-hetero) is 1. The van der Waals surface area contributed by atoms with Crippen molar-refractivity contribution in [1.82, 2.24) is 9.13 Å². The molecule has 0 fully saturated rings. The van der Waals surface area contributed by atoms with E-state index in [0.717, 1.165) is 21.3 Å². The third-order valence-corrected chi connectivity index (χ3v) is 5.18. The lowest BCUT2D eigenvalue weighted by Gasteiger charge is -2.16. The van der Waals surface area contributed by atoms with E-state index in [1.807, 2.05) is 68.4 Å². The van der Waals surface area contributed by atoms with Gasteiger partial charge in [0, 0.05) is 13.6 Å². The van der Waals surface area contributed by atoms with Gasteiger partial charge >= 0.3 is 11.7 Å². The fourth-order valence-corrected chi connectivity index (χ4v) is 3.47. The van der Waals surface area contributed by atoms with Crippen molar-refractivity contribution in [3.63, 3.8) is 0 Å². The van der Waals surface area contributed by atoms with Crippen molar-refractivity contribution in [2.75, 3.05) is 12.3 Å². The molecule has 0 aliphatic carbocycles. The third-order valence-electron chi connectivity index (χ3n) is 5.18. The van der Waals surface area contributed by atoms with Gasteiger partial charge in [0.05, 0.1) is 6.42 Å². The molecule has 33 heavy (non-hydrogen) atoms. The lowest BCUT2D eigenvalue weighted by molar-refractivity contribution is -0.141. The second-order valence-electron chi connectivity index (χ2n) is 8.24. The average Bonchev–Trinajstić information content (AvgIpc) is 2.80. The van der Waals surface area contributed by atoms with Crippen molar-refractivity contribution in [2.45, 2.75) is 26.8 Å². The number of benzene rings is 2. The van der Waals surface area contributed by atoms with Crippen LogP contribution in [0.2, 0.25) is 0 Å². The standard InChI is InChI=1S/C25H27N3O5/c1-16(2)14-28-23(26)22(24(31)27(3)25(28)32)20(29)15-33-21(30)13-17-9-11-19(12-10-17)18-7-5-4-6-8-18/h4-12,16H,13-15,26H2,1-3H3. The van der Waals surface area contributed by atoms with Gasteiger partial charge in [-0.15, -0.1) is 0 Å². The maximum absolute atomic E-state index is 12.7. The lowest BCUT2D eigenvalue weighted by Crippen LogP contribution is -2.43. The molecule has 2 aromatic carbocycles. The molecule has 3 aromatic rings. The Hall–Kier alpha value is -3.94. The Morgan fingerprint density at radius 2 is 1.58 bits per heavy atom. The molecular formula is C25H27N3O5. The number of hydrogen-bond donors (Lipinski definition) is 1. The molecular weight excluding hydrogens is 422 g/mol. The van der Waals surface area contributed by atoms with Gasteiger partial charge in [0.1, 0.15) is 11.4 Å². The quantitative estimate of drug-likeness (QED) is 0.417. The Morgan fingerprint density at radius 3 is 2.18 bits per heavy atom. The van der Waals surface area contributed by atoms with Crippen LogP contribution in [0.5, 0.6) is 0 Å². The fraction of sp³-hybridized carbons (Fsp3) is 0.280. The number of carbonyl (C=O) groups is 2. The highest BCUT2D eigenvalue weighted by molar-refractivity contribution is 6.01. The molecule has 0 amide bonds. The first kappa shape index (κ1) is 23.7. The van der Waals surface area contributed by atoms with Crippen molar-refractivity contribution in [3.05, 3.63) is 86.6 Å². The first-order valence-electron chi connectivity index (χ1n) is 10.6. The summed E-state index contributed by atoms with van der Waals surface area (Å²) in [4.78, 5) is 49.8. The number of anilines is 1. The molecule has 0 bridgehead atoms. The average molecular weight is 450 g/mol. The molecule has 172 valence electrons. The Morgan fingerprint density at radius 1 is 0.970 bits per heavy atom. The molecule has 2 N–H and O–H groups in total. The molecule has 3 rings (SSSR count). The van der Waals surface area contributed by atoms with Gasteiger partial charge in [-0.05, 0) is 22.6 Å².